The van der Waals surface area contributed by atoms with Crippen LogP contribution in [0, 0.1) is 0 Å². The minimum absolute atomic E-state index is 0.0196. The van der Waals surface area contributed by atoms with Gasteiger partial charge in [0.25, 0.3) is 0 Å². The van der Waals surface area contributed by atoms with Crippen molar-refractivity contribution in [3.05, 3.63) is 0 Å². The Kier molecular flexibility index (Phi) is 31.2. The van der Waals surface area contributed by atoms with Gasteiger partial charge in [-0.25, -0.2) is 0 Å². The van der Waals surface area contributed by atoms with Crippen molar-refractivity contribution in [1.29, 1.82) is 0 Å². The van der Waals surface area contributed by atoms with Crippen molar-refractivity contribution in [2.75, 3.05) is 13.2 Å². The summed E-state index contributed by atoms with van der Waals surface area (Å²) in [6, 6.07) is -0.716. The number of aliphatic hydroxyl groups is 1. The lowest BCUT2D eigenvalue weighted by Crippen LogP contribution is -2.44. The average molecular weight is 552 g/mol. The van der Waals surface area contributed by atoms with Crippen LogP contribution in [0.2, 0.25) is 0 Å². The van der Waals surface area contributed by atoms with Crippen LogP contribution in [-0.4, -0.2) is 35.9 Å². The molecule has 0 aromatic rings. The highest BCUT2D eigenvalue weighted by atomic mass is 16.3. The van der Waals surface area contributed by atoms with Crippen LogP contribution < -0.4 is 5.32 Å². The van der Waals surface area contributed by atoms with E-state index in [1.54, 1.807) is 0 Å². The first kappa shape index (κ1) is 38.3. The Balaban J connectivity index is 3.79. The topological polar surface area (TPSA) is 66.4 Å². The minimum atomic E-state index is -0.716. The molecule has 0 aliphatic rings. The summed E-state index contributed by atoms with van der Waals surface area (Å²) in [7, 11) is 0. The predicted octanol–water partition coefficient (Wildman–Crippen LogP) is 10.0. The van der Waals surface area contributed by atoms with Crippen LogP contribution in [0.3, 0.4) is 0 Å². The normalized spacial score (nSPS) is 11.5. The van der Waals surface area contributed by atoms with Crippen LogP contribution in [0.4, 0.5) is 0 Å². The lowest BCUT2D eigenvalue weighted by atomic mass is 9.97. The fraction of sp³-hybridized carbons (Fsp3) is 0.943. The minimum Gasteiger partial charge on any atom is -0.395 e. The highest BCUT2D eigenvalue weighted by Gasteiger charge is 2.24. The predicted molar refractivity (Wildman–Crippen MR) is 170 cm³/mol. The van der Waals surface area contributed by atoms with E-state index in [0.29, 0.717) is 19.4 Å². The zero-order chi connectivity index (χ0) is 28.7. The van der Waals surface area contributed by atoms with E-state index >= 15 is 0 Å². The number of carbonyl (C=O) groups excluding carboxylic acids is 2. The molecule has 0 spiro atoms. The standard InChI is InChI=1S/C35H69NO3/c1-3-5-7-9-11-13-15-17-19-21-23-25-27-29-33(38)35(36-31-32-37)34(39)30-28-26-24-22-20-18-16-14-12-10-8-6-4-2/h35-37H,3-32H2,1-2H3. The van der Waals surface area contributed by atoms with Gasteiger partial charge in [-0.15, -0.1) is 0 Å². The van der Waals surface area contributed by atoms with Crippen molar-refractivity contribution in [3.63, 3.8) is 0 Å². The Morgan fingerprint density at radius 3 is 0.974 bits per heavy atom. The second-order valence-corrected chi connectivity index (χ2v) is 12.0. The van der Waals surface area contributed by atoms with E-state index in [1.807, 2.05) is 0 Å². The van der Waals surface area contributed by atoms with E-state index in [2.05, 4.69) is 19.2 Å². The van der Waals surface area contributed by atoms with E-state index in [1.165, 1.54) is 141 Å². The maximum Gasteiger partial charge on any atom is 0.157 e. The number of hydrogen-bond acceptors (Lipinski definition) is 4. The summed E-state index contributed by atoms with van der Waals surface area (Å²) in [6.07, 6.45) is 34.3. The van der Waals surface area contributed by atoms with Gasteiger partial charge in [-0.3, -0.25) is 14.9 Å². The van der Waals surface area contributed by atoms with Gasteiger partial charge < -0.3 is 5.11 Å². The molecular weight excluding hydrogens is 482 g/mol. The third-order valence-corrected chi connectivity index (χ3v) is 8.16. The molecule has 0 rings (SSSR count). The Morgan fingerprint density at radius 2 is 0.718 bits per heavy atom. The molecule has 2 N–H and O–H groups in total. The van der Waals surface area contributed by atoms with Crippen LogP contribution in [0.1, 0.15) is 194 Å². The van der Waals surface area contributed by atoms with Gasteiger partial charge in [-0.05, 0) is 12.8 Å². The number of aliphatic hydroxyl groups excluding tert-OH is 1. The highest BCUT2D eigenvalue weighted by Crippen LogP contribution is 2.15. The van der Waals surface area contributed by atoms with Crippen molar-refractivity contribution in [1.82, 2.24) is 5.32 Å². The molecule has 0 fully saturated rings. The van der Waals surface area contributed by atoms with E-state index in [4.69, 9.17) is 0 Å². The van der Waals surface area contributed by atoms with Crippen molar-refractivity contribution < 1.29 is 14.7 Å². The molecule has 0 atom stereocenters. The van der Waals surface area contributed by atoms with Crippen molar-refractivity contribution >= 4 is 11.6 Å². The first-order valence-corrected chi connectivity index (χ1v) is 17.6. The SMILES string of the molecule is CCCCCCCCCCCCCCCC(=O)C(NCCO)C(=O)CCCCCCCCCCCCCCC. The highest BCUT2D eigenvalue weighted by molar-refractivity contribution is 6.06. The monoisotopic (exact) mass is 552 g/mol. The molecule has 0 saturated carbocycles. The molecule has 4 heteroatoms. The molecule has 0 aliphatic heterocycles. The van der Waals surface area contributed by atoms with Gasteiger partial charge in [-0.2, -0.15) is 0 Å². The van der Waals surface area contributed by atoms with Crippen LogP contribution in [-0.2, 0) is 9.59 Å². The molecule has 0 bridgehead atoms. The smallest absolute Gasteiger partial charge is 0.157 e. The fourth-order valence-corrected chi connectivity index (χ4v) is 5.54. The van der Waals surface area contributed by atoms with Crippen LogP contribution in [0.15, 0.2) is 0 Å². The first-order valence-electron chi connectivity index (χ1n) is 17.6. The van der Waals surface area contributed by atoms with Gasteiger partial charge in [0.15, 0.2) is 11.6 Å². The molecule has 0 aromatic carbocycles. The second kappa shape index (κ2) is 31.8. The molecule has 0 aliphatic carbocycles. The lowest BCUT2D eigenvalue weighted by molar-refractivity contribution is -0.130. The molecule has 232 valence electrons. The van der Waals surface area contributed by atoms with Crippen molar-refractivity contribution in [2.45, 2.75) is 200 Å². The Morgan fingerprint density at radius 1 is 0.462 bits per heavy atom. The molecule has 0 unspecified atom stereocenters. The molecule has 0 amide bonds. The number of rotatable bonds is 33. The van der Waals surface area contributed by atoms with E-state index in [-0.39, 0.29) is 18.2 Å². The van der Waals surface area contributed by atoms with Crippen LogP contribution >= 0.6 is 0 Å². The number of hydrogen-bond donors (Lipinski definition) is 2. The summed E-state index contributed by atoms with van der Waals surface area (Å²) >= 11 is 0. The number of carbonyl (C=O) groups is 2. The molecule has 39 heavy (non-hydrogen) atoms. The molecule has 4 nitrogen and oxygen atoms in total. The largest absolute Gasteiger partial charge is 0.395 e. The molecule has 0 heterocycles. The van der Waals surface area contributed by atoms with Gasteiger partial charge in [0.1, 0.15) is 6.04 Å². The van der Waals surface area contributed by atoms with E-state index in [9.17, 15) is 14.7 Å². The maximum atomic E-state index is 12.8. The van der Waals surface area contributed by atoms with Crippen molar-refractivity contribution in [2.24, 2.45) is 0 Å². The summed E-state index contributed by atoms with van der Waals surface area (Å²) in [5, 5.41) is 12.2. The molecular formula is C35H69NO3. The number of ketones is 2. The van der Waals surface area contributed by atoms with Crippen LogP contribution in [0.5, 0.6) is 0 Å². The number of unbranched alkanes of at least 4 members (excludes halogenated alkanes) is 24. The molecule has 0 radical (unpaired) electrons. The van der Waals surface area contributed by atoms with Gasteiger partial charge in [0.2, 0.25) is 0 Å². The summed E-state index contributed by atoms with van der Waals surface area (Å²) in [4.78, 5) is 25.5. The Hall–Kier alpha value is -0.740. The first-order chi connectivity index (χ1) is 19.2. The summed E-state index contributed by atoms with van der Waals surface area (Å²) in [5.41, 5.74) is 0. The van der Waals surface area contributed by atoms with Crippen LogP contribution in [0.25, 0.3) is 0 Å². The van der Waals surface area contributed by atoms with Gasteiger partial charge >= 0.3 is 0 Å². The average Bonchev–Trinajstić information content (AvgIpc) is 2.94. The lowest BCUT2D eigenvalue weighted by Gasteiger charge is -2.16. The van der Waals surface area contributed by atoms with E-state index in [0.717, 1.165) is 25.7 Å². The van der Waals surface area contributed by atoms with Gasteiger partial charge in [-0.1, -0.05) is 168 Å². The Labute approximate surface area is 244 Å². The summed E-state index contributed by atoms with van der Waals surface area (Å²) in [5.74, 6) is 0.0393. The van der Waals surface area contributed by atoms with Crippen molar-refractivity contribution in [3.8, 4) is 0 Å². The third-order valence-electron chi connectivity index (χ3n) is 8.16. The number of nitrogens with one attached hydrogen (secondary N) is 1. The zero-order valence-electron chi connectivity index (χ0n) is 26.6. The van der Waals surface area contributed by atoms with Gasteiger partial charge in [0.05, 0.1) is 6.61 Å². The fourth-order valence-electron chi connectivity index (χ4n) is 5.54. The Bertz CT molecular complexity index is 480. The molecule has 0 aromatic heterocycles. The third kappa shape index (κ3) is 27.2. The zero-order valence-corrected chi connectivity index (χ0v) is 26.6. The summed E-state index contributed by atoms with van der Waals surface area (Å²) in [6.45, 7) is 4.79. The van der Waals surface area contributed by atoms with Gasteiger partial charge in [0, 0.05) is 19.4 Å². The maximum absolute atomic E-state index is 12.8. The number of Topliss-reactive ketones (excluding diaryl/α,β-unsaturated/α-hetero) is 2. The second-order valence-electron chi connectivity index (χ2n) is 12.0. The molecule has 0 saturated heterocycles. The quantitative estimate of drug-likeness (QED) is 0.0629. The van der Waals surface area contributed by atoms with E-state index < -0.39 is 6.04 Å². The summed E-state index contributed by atoms with van der Waals surface area (Å²) < 4.78 is 0.